The highest BCUT2D eigenvalue weighted by atomic mass is 16.6. The highest BCUT2D eigenvalue weighted by molar-refractivity contribution is 5.99. The first-order valence-corrected chi connectivity index (χ1v) is 10.6. The van der Waals surface area contributed by atoms with Crippen LogP contribution in [0.1, 0.15) is 47.8 Å². The van der Waals surface area contributed by atoms with E-state index in [1.807, 2.05) is 51.3 Å². The van der Waals surface area contributed by atoms with Gasteiger partial charge in [-0.2, -0.15) is 0 Å². The van der Waals surface area contributed by atoms with E-state index in [9.17, 15) is 9.59 Å². The lowest BCUT2D eigenvalue weighted by Crippen LogP contribution is -2.37. The number of amides is 1. The van der Waals surface area contributed by atoms with Gasteiger partial charge in [0.25, 0.3) is 0 Å². The highest BCUT2D eigenvalue weighted by Crippen LogP contribution is 2.21. The fourth-order valence-electron chi connectivity index (χ4n) is 3.79. The minimum atomic E-state index is -0.261. The van der Waals surface area contributed by atoms with Crippen molar-refractivity contribution < 1.29 is 18.8 Å². The van der Waals surface area contributed by atoms with Crippen molar-refractivity contribution in [3.8, 4) is 5.82 Å². The summed E-state index contributed by atoms with van der Waals surface area (Å²) < 4.78 is 12.5. The van der Waals surface area contributed by atoms with Gasteiger partial charge in [0, 0.05) is 49.2 Å². The summed E-state index contributed by atoms with van der Waals surface area (Å²) in [4.78, 5) is 29.1. The molecule has 1 aliphatic heterocycles. The van der Waals surface area contributed by atoms with E-state index in [4.69, 9.17) is 9.26 Å². The van der Waals surface area contributed by atoms with E-state index in [-0.39, 0.29) is 11.9 Å². The molecule has 1 fully saturated rings. The molecule has 2 aromatic rings. The molecule has 164 valence electrons. The largest absolute Gasteiger partial charge is 0.449 e. The molecule has 30 heavy (non-hydrogen) atoms. The van der Waals surface area contributed by atoms with E-state index < -0.39 is 0 Å². The Bertz CT molecular complexity index is 899. The average molecular weight is 417 g/mol. The summed E-state index contributed by atoms with van der Waals surface area (Å²) in [6.45, 7) is 13.2. The Kier molecular flexibility index (Phi) is 6.97. The Morgan fingerprint density at radius 3 is 2.57 bits per heavy atom. The third-order valence-corrected chi connectivity index (χ3v) is 5.33. The monoisotopic (exact) mass is 416 g/mol. The van der Waals surface area contributed by atoms with E-state index >= 15 is 0 Å². The van der Waals surface area contributed by atoms with Crippen LogP contribution in [0.2, 0.25) is 0 Å². The quantitative estimate of drug-likeness (QED) is 0.672. The summed E-state index contributed by atoms with van der Waals surface area (Å²) in [6.07, 6.45) is 0.560. The molecule has 0 bridgehead atoms. The van der Waals surface area contributed by atoms with Gasteiger partial charge in [-0.05, 0) is 39.2 Å². The molecule has 1 amide bonds. The van der Waals surface area contributed by atoms with Gasteiger partial charge in [-0.25, -0.2) is 4.79 Å². The second-order valence-corrected chi connectivity index (χ2v) is 8.43. The standard InChI is InChI=1S/C22H32N4O4/c1-15(2)14-29-22(28)25-8-6-7-24(9-10-25)13-20(27)19-11-16(3)26(18(19)5)21-12-17(4)30-23-21/h11-12,15H,6-10,13-14H2,1-5H3. The average Bonchev–Trinajstić information content (AvgIpc) is 3.14. The molecular weight excluding hydrogens is 384 g/mol. The molecule has 3 rings (SSSR count). The fourth-order valence-corrected chi connectivity index (χ4v) is 3.79. The van der Waals surface area contributed by atoms with Crippen molar-refractivity contribution in [2.24, 2.45) is 5.92 Å². The molecule has 0 saturated carbocycles. The maximum absolute atomic E-state index is 13.0. The Labute approximate surface area is 177 Å². The summed E-state index contributed by atoms with van der Waals surface area (Å²) >= 11 is 0. The van der Waals surface area contributed by atoms with Crippen molar-refractivity contribution in [3.63, 3.8) is 0 Å². The predicted octanol–water partition coefficient (Wildman–Crippen LogP) is 3.37. The maximum Gasteiger partial charge on any atom is 0.409 e. The number of aromatic nitrogens is 2. The lowest BCUT2D eigenvalue weighted by Gasteiger charge is -2.21. The van der Waals surface area contributed by atoms with Crippen LogP contribution in [0.3, 0.4) is 0 Å². The van der Waals surface area contributed by atoms with Crippen LogP contribution in [0.4, 0.5) is 4.79 Å². The van der Waals surface area contributed by atoms with Crippen LogP contribution in [-0.2, 0) is 4.74 Å². The highest BCUT2D eigenvalue weighted by Gasteiger charge is 2.24. The Balaban J connectivity index is 1.62. The number of carbonyl (C=O) groups excluding carboxylic acids is 2. The van der Waals surface area contributed by atoms with Gasteiger partial charge in [0.15, 0.2) is 11.6 Å². The third-order valence-electron chi connectivity index (χ3n) is 5.33. The summed E-state index contributed by atoms with van der Waals surface area (Å²) in [6, 6.07) is 3.77. The van der Waals surface area contributed by atoms with Gasteiger partial charge in [0.2, 0.25) is 0 Å². The molecule has 8 nitrogen and oxygen atoms in total. The molecule has 0 N–H and O–H groups in total. The number of carbonyl (C=O) groups is 2. The number of aryl methyl sites for hydroxylation is 2. The molecular formula is C22H32N4O4. The zero-order chi connectivity index (χ0) is 21.8. The van der Waals surface area contributed by atoms with E-state index in [0.717, 1.165) is 30.1 Å². The van der Waals surface area contributed by atoms with Crippen molar-refractivity contribution in [1.82, 2.24) is 19.5 Å². The summed E-state index contributed by atoms with van der Waals surface area (Å²) in [5, 5.41) is 4.08. The summed E-state index contributed by atoms with van der Waals surface area (Å²) in [5.41, 5.74) is 2.50. The zero-order valence-corrected chi connectivity index (χ0v) is 18.6. The first-order chi connectivity index (χ1) is 14.3. The minimum absolute atomic E-state index is 0.0744. The Hall–Kier alpha value is -2.61. The molecule has 2 aromatic heterocycles. The first kappa shape index (κ1) is 22.1. The molecule has 0 aliphatic carbocycles. The van der Waals surface area contributed by atoms with Crippen LogP contribution in [0.25, 0.3) is 5.82 Å². The number of ketones is 1. The molecule has 0 aromatic carbocycles. The number of hydrogen-bond acceptors (Lipinski definition) is 6. The molecule has 0 spiro atoms. The van der Waals surface area contributed by atoms with Crippen molar-refractivity contribution >= 4 is 11.9 Å². The maximum atomic E-state index is 13.0. The topological polar surface area (TPSA) is 80.8 Å². The van der Waals surface area contributed by atoms with Gasteiger partial charge in [-0.1, -0.05) is 19.0 Å². The number of Topliss-reactive ketones (excluding diaryl/α,β-unsaturated/α-hetero) is 1. The van der Waals surface area contributed by atoms with Crippen LogP contribution in [0.5, 0.6) is 0 Å². The van der Waals surface area contributed by atoms with E-state index in [1.165, 1.54) is 0 Å². The van der Waals surface area contributed by atoms with Crippen molar-refractivity contribution in [2.75, 3.05) is 39.3 Å². The molecule has 0 radical (unpaired) electrons. The number of ether oxygens (including phenoxy) is 1. The van der Waals surface area contributed by atoms with Crippen molar-refractivity contribution in [3.05, 3.63) is 34.8 Å². The zero-order valence-electron chi connectivity index (χ0n) is 18.6. The third kappa shape index (κ3) is 5.11. The van der Waals surface area contributed by atoms with E-state index in [1.54, 1.807) is 4.90 Å². The van der Waals surface area contributed by atoms with Crippen LogP contribution in [0.15, 0.2) is 16.7 Å². The van der Waals surface area contributed by atoms with Crippen LogP contribution in [-0.4, -0.2) is 70.7 Å². The lowest BCUT2D eigenvalue weighted by molar-refractivity contribution is 0.0906. The predicted molar refractivity (Wildman–Crippen MR) is 113 cm³/mol. The van der Waals surface area contributed by atoms with Crippen molar-refractivity contribution in [2.45, 2.75) is 41.0 Å². The van der Waals surface area contributed by atoms with Gasteiger partial charge in [-0.3, -0.25) is 14.3 Å². The molecule has 8 heteroatoms. The number of hydrogen-bond donors (Lipinski definition) is 0. The molecule has 0 unspecified atom stereocenters. The van der Waals surface area contributed by atoms with Gasteiger partial charge >= 0.3 is 6.09 Å². The Morgan fingerprint density at radius 2 is 1.90 bits per heavy atom. The SMILES string of the molecule is Cc1cc(-n2c(C)cc(C(=O)CN3CCCN(C(=O)OCC(C)C)CC3)c2C)no1. The number of nitrogens with zero attached hydrogens (tertiary/aromatic N) is 4. The molecule has 0 atom stereocenters. The summed E-state index contributed by atoms with van der Waals surface area (Å²) in [5.74, 6) is 1.80. The molecule has 1 saturated heterocycles. The van der Waals surface area contributed by atoms with Gasteiger partial charge in [0.1, 0.15) is 5.76 Å². The van der Waals surface area contributed by atoms with E-state index in [2.05, 4.69) is 10.1 Å². The second-order valence-electron chi connectivity index (χ2n) is 8.43. The van der Waals surface area contributed by atoms with Crippen LogP contribution < -0.4 is 0 Å². The first-order valence-electron chi connectivity index (χ1n) is 10.6. The second kappa shape index (κ2) is 9.47. The lowest BCUT2D eigenvalue weighted by atomic mass is 10.1. The van der Waals surface area contributed by atoms with E-state index in [0.29, 0.717) is 50.1 Å². The van der Waals surface area contributed by atoms with Gasteiger partial charge < -0.3 is 14.2 Å². The fraction of sp³-hybridized carbons (Fsp3) is 0.591. The normalized spacial score (nSPS) is 15.5. The molecule has 1 aliphatic rings. The van der Waals surface area contributed by atoms with Crippen LogP contribution >= 0.6 is 0 Å². The molecule has 3 heterocycles. The van der Waals surface area contributed by atoms with Crippen molar-refractivity contribution in [1.29, 1.82) is 0 Å². The number of rotatable bonds is 6. The van der Waals surface area contributed by atoms with Gasteiger partial charge in [0.05, 0.1) is 13.2 Å². The van der Waals surface area contributed by atoms with Crippen LogP contribution in [0, 0.1) is 26.7 Å². The van der Waals surface area contributed by atoms with Gasteiger partial charge in [-0.15, -0.1) is 0 Å². The Morgan fingerprint density at radius 1 is 1.13 bits per heavy atom. The minimum Gasteiger partial charge on any atom is -0.449 e. The summed E-state index contributed by atoms with van der Waals surface area (Å²) in [7, 11) is 0. The smallest absolute Gasteiger partial charge is 0.409 e.